The zero-order valence-electron chi connectivity index (χ0n) is 10.9. The molecule has 1 amide bonds. The number of aryl methyl sites for hydroxylation is 1. The fourth-order valence-electron chi connectivity index (χ4n) is 2.33. The van der Waals surface area contributed by atoms with Gasteiger partial charge >= 0.3 is 0 Å². The van der Waals surface area contributed by atoms with Crippen LogP contribution >= 0.6 is 11.6 Å². The fourth-order valence-corrected chi connectivity index (χ4v) is 2.53. The first-order valence-electron chi connectivity index (χ1n) is 6.62. The minimum Gasteiger partial charge on any atom is -0.381 e. The number of halogens is 1. The van der Waals surface area contributed by atoms with Gasteiger partial charge in [-0.25, -0.2) is 0 Å². The molecule has 0 atom stereocenters. The maximum atomic E-state index is 11.3. The van der Waals surface area contributed by atoms with Gasteiger partial charge in [0.1, 0.15) is 0 Å². The molecule has 102 valence electrons. The molecule has 1 aliphatic heterocycles. The van der Waals surface area contributed by atoms with Crippen molar-refractivity contribution in [2.24, 2.45) is 0 Å². The van der Waals surface area contributed by atoms with Crippen LogP contribution in [0.15, 0.2) is 42.5 Å². The SMILES string of the molecule is O=C1CCc2cc(NCc3ccccc3Cl)ccc2N1. The summed E-state index contributed by atoms with van der Waals surface area (Å²) in [4.78, 5) is 11.3. The van der Waals surface area contributed by atoms with E-state index >= 15 is 0 Å². The number of carbonyl (C=O) groups is 1. The van der Waals surface area contributed by atoms with E-state index < -0.39 is 0 Å². The molecule has 2 aromatic carbocycles. The summed E-state index contributed by atoms with van der Waals surface area (Å²) in [5, 5.41) is 7.02. The van der Waals surface area contributed by atoms with Gasteiger partial charge in [0.2, 0.25) is 5.91 Å². The molecule has 2 N–H and O–H groups in total. The highest BCUT2D eigenvalue weighted by Gasteiger charge is 2.14. The monoisotopic (exact) mass is 286 g/mol. The summed E-state index contributed by atoms with van der Waals surface area (Å²) in [7, 11) is 0. The van der Waals surface area contributed by atoms with Gasteiger partial charge in [0.15, 0.2) is 0 Å². The van der Waals surface area contributed by atoms with Crippen LogP contribution in [0.3, 0.4) is 0 Å². The first-order chi connectivity index (χ1) is 9.72. The van der Waals surface area contributed by atoms with Gasteiger partial charge in [0, 0.05) is 29.4 Å². The minimum atomic E-state index is 0.0919. The van der Waals surface area contributed by atoms with Crippen molar-refractivity contribution in [2.75, 3.05) is 10.6 Å². The molecule has 0 bridgehead atoms. The second kappa shape index (κ2) is 5.55. The summed E-state index contributed by atoms with van der Waals surface area (Å²) in [6, 6.07) is 13.8. The van der Waals surface area contributed by atoms with Crippen molar-refractivity contribution in [3.63, 3.8) is 0 Å². The molecule has 0 fully saturated rings. The van der Waals surface area contributed by atoms with Crippen molar-refractivity contribution < 1.29 is 4.79 Å². The lowest BCUT2D eigenvalue weighted by molar-refractivity contribution is -0.116. The number of amides is 1. The van der Waals surface area contributed by atoms with Gasteiger partial charge in [0.25, 0.3) is 0 Å². The zero-order chi connectivity index (χ0) is 13.9. The topological polar surface area (TPSA) is 41.1 Å². The Morgan fingerprint density at radius 1 is 1.15 bits per heavy atom. The van der Waals surface area contributed by atoms with E-state index in [1.165, 1.54) is 5.56 Å². The maximum Gasteiger partial charge on any atom is 0.224 e. The number of hydrogen-bond donors (Lipinski definition) is 2. The largest absolute Gasteiger partial charge is 0.381 e. The molecular formula is C16H15ClN2O. The number of nitrogens with one attached hydrogen (secondary N) is 2. The van der Waals surface area contributed by atoms with Gasteiger partial charge in [-0.1, -0.05) is 29.8 Å². The maximum absolute atomic E-state index is 11.3. The molecule has 0 aliphatic carbocycles. The summed E-state index contributed by atoms with van der Waals surface area (Å²) < 4.78 is 0. The Kier molecular flexibility index (Phi) is 3.61. The van der Waals surface area contributed by atoms with Crippen LogP contribution in [0.25, 0.3) is 0 Å². The number of anilines is 2. The third kappa shape index (κ3) is 2.78. The van der Waals surface area contributed by atoms with E-state index in [0.717, 1.165) is 28.4 Å². The predicted octanol–water partition coefficient (Wildman–Crippen LogP) is 3.84. The van der Waals surface area contributed by atoms with Crippen molar-refractivity contribution in [3.8, 4) is 0 Å². The van der Waals surface area contributed by atoms with E-state index in [-0.39, 0.29) is 5.91 Å². The molecule has 2 aromatic rings. The second-order valence-electron chi connectivity index (χ2n) is 4.87. The molecule has 3 nitrogen and oxygen atoms in total. The lowest BCUT2D eigenvalue weighted by atomic mass is 10.0. The van der Waals surface area contributed by atoms with Gasteiger partial charge < -0.3 is 10.6 Å². The highest BCUT2D eigenvalue weighted by molar-refractivity contribution is 6.31. The van der Waals surface area contributed by atoms with Crippen molar-refractivity contribution >= 4 is 28.9 Å². The Labute approximate surface area is 123 Å². The smallest absolute Gasteiger partial charge is 0.224 e. The van der Waals surface area contributed by atoms with Crippen molar-refractivity contribution in [1.82, 2.24) is 0 Å². The van der Waals surface area contributed by atoms with E-state index in [4.69, 9.17) is 11.6 Å². The Morgan fingerprint density at radius 3 is 2.85 bits per heavy atom. The van der Waals surface area contributed by atoms with Crippen LogP contribution in [-0.4, -0.2) is 5.91 Å². The van der Waals surface area contributed by atoms with Gasteiger partial charge in [-0.15, -0.1) is 0 Å². The van der Waals surface area contributed by atoms with Gasteiger partial charge in [-0.2, -0.15) is 0 Å². The van der Waals surface area contributed by atoms with Gasteiger partial charge in [-0.3, -0.25) is 4.79 Å². The van der Waals surface area contributed by atoms with Crippen LogP contribution < -0.4 is 10.6 Å². The molecule has 3 rings (SSSR count). The van der Waals surface area contributed by atoms with Gasteiger partial charge in [0.05, 0.1) is 0 Å². The third-order valence-electron chi connectivity index (χ3n) is 3.44. The van der Waals surface area contributed by atoms with E-state index in [2.05, 4.69) is 16.7 Å². The zero-order valence-corrected chi connectivity index (χ0v) is 11.7. The highest BCUT2D eigenvalue weighted by Crippen LogP contribution is 2.26. The lowest BCUT2D eigenvalue weighted by Crippen LogP contribution is -2.18. The second-order valence-corrected chi connectivity index (χ2v) is 5.27. The summed E-state index contributed by atoms with van der Waals surface area (Å²) in [5.74, 6) is 0.0919. The van der Waals surface area contributed by atoms with E-state index in [1.807, 2.05) is 36.4 Å². The van der Waals surface area contributed by atoms with Crippen LogP contribution in [0.2, 0.25) is 5.02 Å². The van der Waals surface area contributed by atoms with E-state index in [0.29, 0.717) is 13.0 Å². The van der Waals surface area contributed by atoms with E-state index in [9.17, 15) is 4.79 Å². The standard InChI is InChI=1S/C16H15ClN2O/c17-14-4-2-1-3-12(14)10-18-13-6-7-15-11(9-13)5-8-16(20)19-15/h1-4,6-7,9,18H,5,8,10H2,(H,19,20). The van der Waals surface area contributed by atoms with Crippen LogP contribution in [0.4, 0.5) is 11.4 Å². The normalized spacial score (nSPS) is 13.6. The molecule has 0 radical (unpaired) electrons. The summed E-state index contributed by atoms with van der Waals surface area (Å²) in [6.07, 6.45) is 1.35. The summed E-state index contributed by atoms with van der Waals surface area (Å²) in [6.45, 7) is 0.685. The fraction of sp³-hybridized carbons (Fsp3) is 0.188. The Hall–Kier alpha value is -2.00. The molecule has 0 saturated carbocycles. The summed E-state index contributed by atoms with van der Waals surface area (Å²) >= 11 is 6.13. The molecule has 0 saturated heterocycles. The average molecular weight is 287 g/mol. The molecule has 0 aromatic heterocycles. The predicted molar refractivity (Wildman–Crippen MR) is 82.2 cm³/mol. The molecule has 4 heteroatoms. The number of benzene rings is 2. The molecule has 0 spiro atoms. The number of hydrogen-bond acceptors (Lipinski definition) is 2. The lowest BCUT2D eigenvalue weighted by Gasteiger charge is -2.18. The van der Waals surface area contributed by atoms with Crippen molar-refractivity contribution in [1.29, 1.82) is 0 Å². The van der Waals surface area contributed by atoms with E-state index in [1.54, 1.807) is 0 Å². The van der Waals surface area contributed by atoms with Crippen molar-refractivity contribution in [3.05, 3.63) is 58.6 Å². The Morgan fingerprint density at radius 2 is 2.00 bits per heavy atom. The molecular weight excluding hydrogens is 272 g/mol. The van der Waals surface area contributed by atoms with Crippen LogP contribution in [0.5, 0.6) is 0 Å². The first kappa shape index (κ1) is 13.0. The third-order valence-corrected chi connectivity index (χ3v) is 3.81. The number of rotatable bonds is 3. The number of carbonyl (C=O) groups excluding carboxylic acids is 1. The van der Waals surface area contributed by atoms with Crippen molar-refractivity contribution in [2.45, 2.75) is 19.4 Å². The first-order valence-corrected chi connectivity index (χ1v) is 7.00. The Balaban J connectivity index is 1.73. The molecule has 1 aliphatic rings. The molecule has 20 heavy (non-hydrogen) atoms. The minimum absolute atomic E-state index is 0.0919. The Bertz CT molecular complexity index is 655. The van der Waals surface area contributed by atoms with Gasteiger partial charge in [-0.05, 0) is 41.8 Å². The number of fused-ring (bicyclic) bond motifs is 1. The quantitative estimate of drug-likeness (QED) is 0.900. The average Bonchev–Trinajstić information content (AvgIpc) is 2.46. The highest BCUT2D eigenvalue weighted by atomic mass is 35.5. The van der Waals surface area contributed by atoms with Crippen LogP contribution in [-0.2, 0) is 17.8 Å². The van der Waals surface area contributed by atoms with Crippen LogP contribution in [0.1, 0.15) is 17.5 Å². The summed E-state index contributed by atoms with van der Waals surface area (Å²) in [5.41, 5.74) is 4.21. The molecule has 1 heterocycles. The van der Waals surface area contributed by atoms with Crippen LogP contribution in [0, 0.1) is 0 Å². The molecule has 0 unspecified atom stereocenters.